The van der Waals surface area contributed by atoms with Gasteiger partial charge in [-0.15, -0.1) is 0 Å². The molecule has 1 unspecified atom stereocenters. The molecule has 2 nitrogen and oxygen atoms in total. The summed E-state index contributed by atoms with van der Waals surface area (Å²) in [4.78, 5) is 0. The van der Waals surface area contributed by atoms with E-state index >= 15 is 0 Å². The number of aliphatic hydroxyl groups is 1. The number of hydrogen-bond acceptors (Lipinski definition) is 2. The maximum Gasteiger partial charge on any atom is 0.159 e. The maximum atomic E-state index is 13.1. The number of para-hydroxylation sites is 1. The minimum Gasteiger partial charge on any atom is -0.387 e. The quantitative estimate of drug-likeness (QED) is 0.892. The zero-order valence-corrected chi connectivity index (χ0v) is 11.5. The highest BCUT2D eigenvalue weighted by Crippen LogP contribution is 2.22. The average Bonchev–Trinajstić information content (AvgIpc) is 2.41. The molecule has 0 aromatic heterocycles. The number of rotatable bonds is 4. The molecule has 0 heterocycles. The van der Waals surface area contributed by atoms with Crippen molar-refractivity contribution in [2.45, 2.75) is 20.0 Å². The fourth-order valence-electron chi connectivity index (χ4n) is 2.13. The van der Waals surface area contributed by atoms with Crippen molar-refractivity contribution in [2.24, 2.45) is 0 Å². The van der Waals surface area contributed by atoms with Crippen LogP contribution in [0, 0.1) is 25.5 Å². The Morgan fingerprint density at radius 3 is 2.30 bits per heavy atom. The van der Waals surface area contributed by atoms with Crippen LogP contribution in [0.4, 0.5) is 14.5 Å². The third-order valence-electron chi connectivity index (χ3n) is 3.28. The summed E-state index contributed by atoms with van der Waals surface area (Å²) in [5, 5.41) is 13.2. The fraction of sp³-hybridized carbons (Fsp3) is 0.250. The molecule has 2 rings (SSSR count). The zero-order chi connectivity index (χ0) is 14.7. The van der Waals surface area contributed by atoms with Crippen molar-refractivity contribution in [3.8, 4) is 0 Å². The zero-order valence-electron chi connectivity index (χ0n) is 11.5. The van der Waals surface area contributed by atoms with Gasteiger partial charge >= 0.3 is 0 Å². The lowest BCUT2D eigenvalue weighted by molar-refractivity contribution is 0.191. The number of aryl methyl sites for hydroxylation is 2. The number of anilines is 1. The maximum absolute atomic E-state index is 13.1. The van der Waals surface area contributed by atoms with Crippen LogP contribution in [0.1, 0.15) is 22.8 Å². The Labute approximate surface area is 117 Å². The Balaban J connectivity index is 2.08. The van der Waals surface area contributed by atoms with E-state index in [1.807, 2.05) is 32.0 Å². The van der Waals surface area contributed by atoms with E-state index in [-0.39, 0.29) is 6.54 Å². The summed E-state index contributed by atoms with van der Waals surface area (Å²) in [6.07, 6.45) is -0.899. The minimum absolute atomic E-state index is 0.233. The largest absolute Gasteiger partial charge is 0.387 e. The van der Waals surface area contributed by atoms with Crippen LogP contribution in [0.3, 0.4) is 0 Å². The molecule has 0 aliphatic carbocycles. The number of halogens is 2. The Hall–Kier alpha value is -1.94. The van der Waals surface area contributed by atoms with Crippen molar-refractivity contribution in [1.82, 2.24) is 0 Å². The standard InChI is InChI=1S/C16H17F2NO/c1-10-4-3-5-11(2)16(10)19-9-15(20)12-6-7-13(17)14(18)8-12/h3-8,15,19-20H,9H2,1-2H3. The van der Waals surface area contributed by atoms with E-state index in [0.29, 0.717) is 5.56 Å². The van der Waals surface area contributed by atoms with Gasteiger partial charge in [-0.3, -0.25) is 0 Å². The van der Waals surface area contributed by atoms with E-state index in [1.54, 1.807) is 0 Å². The summed E-state index contributed by atoms with van der Waals surface area (Å²) >= 11 is 0. The van der Waals surface area contributed by atoms with Crippen LogP contribution in [-0.4, -0.2) is 11.7 Å². The molecule has 4 heteroatoms. The lowest BCUT2D eigenvalue weighted by Gasteiger charge is -2.16. The van der Waals surface area contributed by atoms with Gasteiger partial charge in [0.1, 0.15) is 0 Å². The molecular weight excluding hydrogens is 260 g/mol. The first-order valence-corrected chi connectivity index (χ1v) is 6.42. The Bertz CT molecular complexity index is 593. The second-order valence-corrected chi connectivity index (χ2v) is 4.84. The van der Waals surface area contributed by atoms with E-state index in [4.69, 9.17) is 0 Å². The van der Waals surface area contributed by atoms with E-state index < -0.39 is 17.7 Å². The van der Waals surface area contributed by atoms with Gasteiger partial charge in [0.2, 0.25) is 0 Å². The Morgan fingerprint density at radius 1 is 1.05 bits per heavy atom. The molecule has 0 fully saturated rings. The lowest BCUT2D eigenvalue weighted by atomic mass is 10.1. The fourth-order valence-corrected chi connectivity index (χ4v) is 2.13. The highest BCUT2D eigenvalue weighted by molar-refractivity contribution is 5.56. The summed E-state index contributed by atoms with van der Waals surface area (Å²) < 4.78 is 26.0. The molecule has 0 saturated heterocycles. The molecule has 20 heavy (non-hydrogen) atoms. The summed E-state index contributed by atoms with van der Waals surface area (Å²) in [7, 11) is 0. The van der Waals surface area contributed by atoms with Gasteiger partial charge in [-0.25, -0.2) is 8.78 Å². The molecule has 0 spiro atoms. The smallest absolute Gasteiger partial charge is 0.159 e. The van der Waals surface area contributed by atoms with Crippen LogP contribution in [-0.2, 0) is 0 Å². The molecule has 0 amide bonds. The van der Waals surface area contributed by atoms with Crippen LogP contribution in [0.5, 0.6) is 0 Å². The van der Waals surface area contributed by atoms with Gasteiger partial charge in [-0.2, -0.15) is 0 Å². The molecule has 0 aliphatic heterocycles. The summed E-state index contributed by atoms with van der Waals surface area (Å²) in [6, 6.07) is 9.33. The molecule has 0 radical (unpaired) electrons. The topological polar surface area (TPSA) is 32.3 Å². The van der Waals surface area contributed by atoms with Gasteiger partial charge in [0.05, 0.1) is 6.10 Å². The van der Waals surface area contributed by atoms with Gasteiger partial charge in [0.15, 0.2) is 11.6 Å². The van der Waals surface area contributed by atoms with Crippen LogP contribution >= 0.6 is 0 Å². The number of nitrogens with one attached hydrogen (secondary N) is 1. The summed E-state index contributed by atoms with van der Waals surface area (Å²) in [5.74, 6) is -1.86. The Morgan fingerprint density at radius 2 is 1.70 bits per heavy atom. The first-order chi connectivity index (χ1) is 9.49. The van der Waals surface area contributed by atoms with Crippen molar-refractivity contribution in [2.75, 3.05) is 11.9 Å². The van der Waals surface area contributed by atoms with E-state index in [9.17, 15) is 13.9 Å². The van der Waals surface area contributed by atoms with Crippen molar-refractivity contribution in [3.63, 3.8) is 0 Å². The molecule has 0 bridgehead atoms. The van der Waals surface area contributed by atoms with Crippen LogP contribution in [0.15, 0.2) is 36.4 Å². The third kappa shape index (κ3) is 3.14. The van der Waals surface area contributed by atoms with Gasteiger partial charge < -0.3 is 10.4 Å². The minimum atomic E-state index is -0.950. The van der Waals surface area contributed by atoms with Crippen molar-refractivity contribution in [3.05, 3.63) is 64.7 Å². The van der Waals surface area contributed by atoms with Crippen molar-refractivity contribution < 1.29 is 13.9 Å². The molecule has 1 atom stereocenters. The molecule has 106 valence electrons. The van der Waals surface area contributed by atoms with Gasteiger partial charge in [0.25, 0.3) is 0 Å². The van der Waals surface area contributed by atoms with Crippen LogP contribution < -0.4 is 5.32 Å². The summed E-state index contributed by atoms with van der Waals surface area (Å²) in [6.45, 7) is 4.18. The number of aliphatic hydroxyl groups excluding tert-OH is 1. The molecule has 0 aliphatic rings. The van der Waals surface area contributed by atoms with E-state index in [0.717, 1.165) is 28.9 Å². The molecule has 2 aromatic carbocycles. The SMILES string of the molecule is Cc1cccc(C)c1NCC(O)c1ccc(F)c(F)c1. The van der Waals surface area contributed by atoms with Gasteiger partial charge in [0, 0.05) is 12.2 Å². The highest BCUT2D eigenvalue weighted by Gasteiger charge is 2.11. The van der Waals surface area contributed by atoms with Crippen LogP contribution in [0.25, 0.3) is 0 Å². The first-order valence-electron chi connectivity index (χ1n) is 6.42. The number of benzene rings is 2. The normalized spacial score (nSPS) is 12.2. The molecule has 2 aromatic rings. The number of hydrogen-bond donors (Lipinski definition) is 2. The van der Waals surface area contributed by atoms with E-state index in [2.05, 4.69) is 5.32 Å². The van der Waals surface area contributed by atoms with Crippen LogP contribution in [0.2, 0.25) is 0 Å². The second kappa shape index (κ2) is 6.01. The predicted octanol–water partition coefficient (Wildman–Crippen LogP) is 3.73. The molecular formula is C16H17F2NO. The lowest BCUT2D eigenvalue weighted by Crippen LogP contribution is -2.14. The van der Waals surface area contributed by atoms with Gasteiger partial charge in [-0.1, -0.05) is 24.3 Å². The van der Waals surface area contributed by atoms with E-state index in [1.165, 1.54) is 6.07 Å². The third-order valence-corrected chi connectivity index (χ3v) is 3.28. The molecule has 0 saturated carbocycles. The molecule has 2 N–H and O–H groups in total. The second-order valence-electron chi connectivity index (χ2n) is 4.84. The average molecular weight is 277 g/mol. The first kappa shape index (κ1) is 14.5. The summed E-state index contributed by atoms with van der Waals surface area (Å²) in [5.41, 5.74) is 3.45. The predicted molar refractivity (Wildman–Crippen MR) is 75.7 cm³/mol. The van der Waals surface area contributed by atoms with Crippen molar-refractivity contribution in [1.29, 1.82) is 0 Å². The van der Waals surface area contributed by atoms with Crippen molar-refractivity contribution >= 4 is 5.69 Å². The monoisotopic (exact) mass is 277 g/mol. The highest BCUT2D eigenvalue weighted by atomic mass is 19.2. The van der Waals surface area contributed by atoms with Gasteiger partial charge in [-0.05, 0) is 42.7 Å². The Kier molecular flexibility index (Phi) is 4.35.